The Morgan fingerprint density at radius 2 is 2.19 bits per heavy atom. The number of carbonyl (C=O) groups excluding carboxylic acids is 1. The summed E-state index contributed by atoms with van der Waals surface area (Å²) in [6.45, 7) is 1.52. The highest BCUT2D eigenvalue weighted by molar-refractivity contribution is 6.31. The number of aliphatic hydroxyl groups excluding tert-OH is 2. The molecule has 0 spiro atoms. The van der Waals surface area contributed by atoms with E-state index in [0.29, 0.717) is 5.56 Å². The Labute approximate surface area is 128 Å². The van der Waals surface area contributed by atoms with E-state index in [1.165, 1.54) is 17.0 Å². The largest absolute Gasteiger partial charge is 0.394 e. The van der Waals surface area contributed by atoms with E-state index < -0.39 is 11.9 Å². The Balaban J connectivity index is 2.55. The average molecular weight is 319 g/mol. The maximum atomic E-state index is 13.3. The second-order valence-corrected chi connectivity index (χ2v) is 5.28. The van der Waals surface area contributed by atoms with Crippen LogP contribution in [-0.2, 0) is 6.54 Å². The van der Waals surface area contributed by atoms with Gasteiger partial charge in [0, 0.05) is 19.6 Å². The van der Waals surface area contributed by atoms with Crippen molar-refractivity contribution < 1.29 is 19.4 Å². The summed E-state index contributed by atoms with van der Waals surface area (Å²) in [5.74, 6) is -0.531. The van der Waals surface area contributed by atoms with Crippen LogP contribution in [0.4, 0.5) is 9.18 Å². The van der Waals surface area contributed by atoms with Crippen LogP contribution in [0.1, 0.15) is 18.9 Å². The molecule has 0 unspecified atom stereocenters. The first kappa shape index (κ1) is 17.7. The minimum atomic E-state index is -0.868. The van der Waals surface area contributed by atoms with Gasteiger partial charge in [0.1, 0.15) is 5.82 Å². The molecule has 0 aliphatic heterocycles. The summed E-state index contributed by atoms with van der Waals surface area (Å²) in [4.78, 5) is 13.4. The van der Waals surface area contributed by atoms with Crippen LogP contribution in [0.5, 0.6) is 0 Å². The van der Waals surface area contributed by atoms with E-state index in [1.807, 2.05) is 0 Å². The van der Waals surface area contributed by atoms with Crippen molar-refractivity contribution in [3.63, 3.8) is 0 Å². The van der Waals surface area contributed by atoms with Gasteiger partial charge in [-0.2, -0.15) is 0 Å². The van der Waals surface area contributed by atoms with Crippen LogP contribution in [0, 0.1) is 5.82 Å². The van der Waals surface area contributed by atoms with Crippen molar-refractivity contribution in [3.05, 3.63) is 34.6 Å². The molecule has 5 nitrogen and oxygen atoms in total. The lowest BCUT2D eigenvalue weighted by molar-refractivity contribution is 0.0693. The molecule has 3 N–H and O–H groups in total. The SMILES string of the molecule is C[C@@H](C[C@@H](O)CO)N(C)C(=O)NCc1cccc(F)c1Cl. The van der Waals surface area contributed by atoms with E-state index in [9.17, 15) is 14.3 Å². The van der Waals surface area contributed by atoms with Crippen molar-refractivity contribution in [2.45, 2.75) is 32.0 Å². The van der Waals surface area contributed by atoms with Gasteiger partial charge in [-0.05, 0) is 25.0 Å². The third kappa shape index (κ3) is 5.15. The van der Waals surface area contributed by atoms with Gasteiger partial charge in [0.25, 0.3) is 0 Å². The van der Waals surface area contributed by atoms with E-state index in [1.54, 1.807) is 20.0 Å². The molecule has 0 saturated carbocycles. The van der Waals surface area contributed by atoms with Gasteiger partial charge in [-0.15, -0.1) is 0 Å². The van der Waals surface area contributed by atoms with Gasteiger partial charge in [-0.3, -0.25) is 0 Å². The number of hydrogen-bond donors (Lipinski definition) is 3. The molecule has 0 radical (unpaired) electrons. The normalized spacial score (nSPS) is 13.6. The van der Waals surface area contributed by atoms with Crippen LogP contribution >= 0.6 is 11.6 Å². The zero-order valence-electron chi connectivity index (χ0n) is 12.0. The fraction of sp³-hybridized carbons (Fsp3) is 0.500. The first-order valence-corrected chi connectivity index (χ1v) is 6.97. The van der Waals surface area contributed by atoms with E-state index >= 15 is 0 Å². The highest BCUT2D eigenvalue weighted by atomic mass is 35.5. The Hall–Kier alpha value is -1.37. The Morgan fingerprint density at radius 1 is 1.52 bits per heavy atom. The first-order valence-electron chi connectivity index (χ1n) is 6.59. The number of amides is 2. The van der Waals surface area contributed by atoms with Crippen LogP contribution in [0.25, 0.3) is 0 Å². The van der Waals surface area contributed by atoms with Gasteiger partial charge in [0.2, 0.25) is 0 Å². The molecular weight excluding hydrogens is 299 g/mol. The number of urea groups is 1. The summed E-state index contributed by atoms with van der Waals surface area (Å²) in [6.07, 6.45) is -0.603. The average Bonchev–Trinajstić information content (AvgIpc) is 2.47. The number of nitrogens with one attached hydrogen (secondary N) is 1. The lowest BCUT2D eigenvalue weighted by Crippen LogP contribution is -2.43. The van der Waals surface area contributed by atoms with Crippen LogP contribution in [0.15, 0.2) is 18.2 Å². The third-order valence-corrected chi connectivity index (χ3v) is 3.69. The molecule has 1 aromatic carbocycles. The monoisotopic (exact) mass is 318 g/mol. The fourth-order valence-electron chi connectivity index (χ4n) is 1.81. The number of rotatable bonds is 6. The summed E-state index contributed by atoms with van der Waals surface area (Å²) in [5, 5.41) is 20.8. The molecule has 0 fully saturated rings. The van der Waals surface area contributed by atoms with Gasteiger partial charge >= 0.3 is 6.03 Å². The molecule has 0 heterocycles. The predicted molar refractivity (Wildman–Crippen MR) is 78.6 cm³/mol. The summed E-state index contributed by atoms with van der Waals surface area (Å²) >= 11 is 5.81. The number of nitrogens with zero attached hydrogens (tertiary/aromatic N) is 1. The standard InChI is InChI=1S/C14H20ClFN2O3/c1-9(6-11(20)8-19)18(2)14(21)17-7-10-4-3-5-12(16)13(10)15/h3-5,9,11,19-20H,6-8H2,1-2H3,(H,17,21)/t9-,11+/m0/s1. The molecule has 0 aliphatic rings. The van der Waals surface area contributed by atoms with Crippen LogP contribution in [0.2, 0.25) is 5.02 Å². The molecule has 0 saturated heterocycles. The zero-order chi connectivity index (χ0) is 16.0. The number of aliphatic hydroxyl groups is 2. The van der Waals surface area contributed by atoms with Crippen molar-refractivity contribution in [2.24, 2.45) is 0 Å². The highest BCUT2D eigenvalue weighted by Crippen LogP contribution is 2.19. The molecule has 21 heavy (non-hydrogen) atoms. The molecule has 1 aromatic rings. The maximum absolute atomic E-state index is 13.3. The highest BCUT2D eigenvalue weighted by Gasteiger charge is 2.18. The topological polar surface area (TPSA) is 72.8 Å². The summed E-state index contributed by atoms with van der Waals surface area (Å²) in [5.41, 5.74) is 0.487. The number of halogens is 2. The molecule has 0 aliphatic carbocycles. The maximum Gasteiger partial charge on any atom is 0.317 e. The van der Waals surface area contributed by atoms with Gasteiger partial charge in [-0.25, -0.2) is 9.18 Å². The van der Waals surface area contributed by atoms with E-state index in [0.717, 1.165) is 0 Å². The minimum Gasteiger partial charge on any atom is -0.394 e. The predicted octanol–water partition coefficient (Wildman–Crippen LogP) is 1.75. The Kier molecular flexibility index (Phi) is 6.87. The number of hydrogen-bond acceptors (Lipinski definition) is 3. The van der Waals surface area contributed by atoms with Crippen molar-refractivity contribution in [1.29, 1.82) is 0 Å². The van der Waals surface area contributed by atoms with Crippen molar-refractivity contribution in [1.82, 2.24) is 10.2 Å². The molecular formula is C14H20ClFN2O3. The fourth-order valence-corrected chi connectivity index (χ4v) is 2.00. The molecule has 0 aromatic heterocycles. The van der Waals surface area contributed by atoms with Gasteiger partial charge < -0.3 is 20.4 Å². The second kappa shape index (κ2) is 8.17. The molecule has 2 amide bonds. The smallest absolute Gasteiger partial charge is 0.317 e. The van der Waals surface area contributed by atoms with E-state index in [2.05, 4.69) is 5.32 Å². The molecule has 1 rings (SSSR count). The molecule has 7 heteroatoms. The lowest BCUT2D eigenvalue weighted by Gasteiger charge is -2.26. The molecule has 118 valence electrons. The quantitative estimate of drug-likeness (QED) is 0.748. The van der Waals surface area contributed by atoms with Gasteiger partial charge in [-0.1, -0.05) is 23.7 Å². The van der Waals surface area contributed by atoms with Crippen LogP contribution in [-0.4, -0.2) is 46.9 Å². The van der Waals surface area contributed by atoms with Crippen molar-refractivity contribution in [3.8, 4) is 0 Å². The number of benzene rings is 1. The van der Waals surface area contributed by atoms with Gasteiger partial charge in [0.05, 0.1) is 17.7 Å². The van der Waals surface area contributed by atoms with E-state index in [-0.39, 0.29) is 36.7 Å². The van der Waals surface area contributed by atoms with Crippen LogP contribution < -0.4 is 5.32 Å². The van der Waals surface area contributed by atoms with E-state index in [4.69, 9.17) is 16.7 Å². The zero-order valence-corrected chi connectivity index (χ0v) is 12.8. The van der Waals surface area contributed by atoms with Crippen molar-refractivity contribution >= 4 is 17.6 Å². The number of carbonyl (C=O) groups is 1. The summed E-state index contributed by atoms with van der Waals surface area (Å²) < 4.78 is 13.3. The third-order valence-electron chi connectivity index (χ3n) is 3.27. The minimum absolute atomic E-state index is 0.01000. The first-order chi connectivity index (χ1) is 9.86. The summed E-state index contributed by atoms with van der Waals surface area (Å²) in [6, 6.07) is 3.78. The molecule has 2 atom stereocenters. The Morgan fingerprint density at radius 3 is 2.81 bits per heavy atom. The summed E-state index contributed by atoms with van der Waals surface area (Å²) in [7, 11) is 1.58. The second-order valence-electron chi connectivity index (χ2n) is 4.90. The van der Waals surface area contributed by atoms with Gasteiger partial charge in [0.15, 0.2) is 0 Å². The van der Waals surface area contributed by atoms with Crippen molar-refractivity contribution in [2.75, 3.05) is 13.7 Å². The molecule has 0 bridgehead atoms. The lowest BCUT2D eigenvalue weighted by atomic mass is 10.1. The van der Waals surface area contributed by atoms with Crippen LogP contribution in [0.3, 0.4) is 0 Å². The Bertz CT molecular complexity index is 487.